The summed E-state index contributed by atoms with van der Waals surface area (Å²) in [4.78, 5) is 24.7. The quantitative estimate of drug-likeness (QED) is 0.418. The molecule has 0 saturated carbocycles. The van der Waals surface area contributed by atoms with Crippen molar-refractivity contribution in [2.24, 2.45) is 0 Å². The Bertz CT molecular complexity index is 1080. The van der Waals surface area contributed by atoms with Crippen molar-refractivity contribution < 1.29 is 19.1 Å². The molecule has 3 rings (SSSR count). The van der Waals surface area contributed by atoms with E-state index in [1.54, 1.807) is 0 Å². The van der Waals surface area contributed by atoms with Crippen molar-refractivity contribution >= 4 is 23.6 Å². The maximum atomic E-state index is 12.4. The van der Waals surface area contributed by atoms with Crippen molar-refractivity contribution in [2.45, 2.75) is 52.7 Å². The van der Waals surface area contributed by atoms with E-state index in [1.807, 2.05) is 114 Å². The van der Waals surface area contributed by atoms with Gasteiger partial charge in [0, 0.05) is 11.1 Å². The number of para-hydroxylation sites is 2. The van der Waals surface area contributed by atoms with E-state index in [0.717, 1.165) is 22.3 Å². The number of amides is 2. The highest BCUT2D eigenvalue weighted by atomic mass is 16.6. The minimum atomic E-state index is -0.593. The summed E-state index contributed by atoms with van der Waals surface area (Å²) in [5, 5.41) is 5.70. The highest BCUT2D eigenvalue weighted by Gasteiger charge is 2.19. The van der Waals surface area contributed by atoms with E-state index in [0.29, 0.717) is 11.4 Å². The topological polar surface area (TPSA) is 76.7 Å². The van der Waals surface area contributed by atoms with Crippen LogP contribution in [0.15, 0.2) is 72.8 Å². The van der Waals surface area contributed by atoms with Crippen LogP contribution in [0.4, 0.5) is 21.0 Å². The van der Waals surface area contributed by atoms with Crippen molar-refractivity contribution in [2.75, 3.05) is 10.6 Å². The number of nitrogens with one attached hydrogen (secondary N) is 2. The Kier molecular flexibility index (Phi) is 7.30. The van der Waals surface area contributed by atoms with Gasteiger partial charge in [0.1, 0.15) is 11.2 Å². The molecule has 3 aromatic carbocycles. The summed E-state index contributed by atoms with van der Waals surface area (Å²) in [5.41, 5.74) is 3.64. The molecule has 0 aliphatic carbocycles. The molecule has 0 heterocycles. The van der Waals surface area contributed by atoms with Gasteiger partial charge in [-0.15, -0.1) is 0 Å². The lowest BCUT2D eigenvalue weighted by molar-refractivity contribution is 0.0624. The zero-order valence-corrected chi connectivity index (χ0v) is 20.6. The third-order valence-electron chi connectivity index (χ3n) is 4.61. The van der Waals surface area contributed by atoms with Crippen molar-refractivity contribution in [1.29, 1.82) is 0 Å². The number of hydrogen-bond donors (Lipinski definition) is 2. The maximum absolute atomic E-state index is 12.4. The van der Waals surface area contributed by atoms with Crippen LogP contribution in [0.1, 0.15) is 41.5 Å². The first kappa shape index (κ1) is 24.8. The second-order valence-electron chi connectivity index (χ2n) is 9.93. The van der Waals surface area contributed by atoms with Crippen LogP contribution >= 0.6 is 0 Å². The number of hydrogen-bond acceptors (Lipinski definition) is 4. The third-order valence-corrected chi connectivity index (χ3v) is 4.61. The molecule has 0 aliphatic rings. The Balaban J connectivity index is 1.92. The van der Waals surface area contributed by atoms with Gasteiger partial charge in [0.05, 0.1) is 11.4 Å². The van der Waals surface area contributed by atoms with E-state index >= 15 is 0 Å². The zero-order valence-electron chi connectivity index (χ0n) is 20.6. The number of ether oxygens (including phenoxy) is 2. The van der Waals surface area contributed by atoms with Gasteiger partial charge >= 0.3 is 12.2 Å². The van der Waals surface area contributed by atoms with Crippen LogP contribution in [-0.2, 0) is 9.47 Å². The smallest absolute Gasteiger partial charge is 0.412 e. The van der Waals surface area contributed by atoms with Gasteiger partial charge in [0.2, 0.25) is 0 Å². The van der Waals surface area contributed by atoms with Crippen molar-refractivity contribution in [3.05, 3.63) is 72.8 Å². The molecule has 0 atom stereocenters. The molecule has 0 aliphatic heterocycles. The number of rotatable bonds is 4. The molecule has 0 fully saturated rings. The summed E-state index contributed by atoms with van der Waals surface area (Å²) in [5.74, 6) is 0. The largest absolute Gasteiger partial charge is 0.444 e. The van der Waals surface area contributed by atoms with Crippen LogP contribution in [0.3, 0.4) is 0 Å². The fourth-order valence-electron chi connectivity index (χ4n) is 3.37. The Morgan fingerprint density at radius 3 is 1.35 bits per heavy atom. The Labute approximate surface area is 201 Å². The van der Waals surface area contributed by atoms with E-state index in [9.17, 15) is 9.59 Å². The number of carbonyl (C=O) groups is 2. The minimum Gasteiger partial charge on any atom is -0.444 e. The van der Waals surface area contributed by atoms with Gasteiger partial charge in [-0.05, 0) is 70.9 Å². The van der Waals surface area contributed by atoms with Gasteiger partial charge in [-0.3, -0.25) is 10.6 Å². The summed E-state index contributed by atoms with van der Waals surface area (Å²) in [6, 6.07) is 23.0. The highest BCUT2D eigenvalue weighted by Crippen LogP contribution is 2.34. The first-order chi connectivity index (χ1) is 15.9. The van der Waals surface area contributed by atoms with Crippen molar-refractivity contribution in [3.63, 3.8) is 0 Å². The lowest BCUT2D eigenvalue weighted by Crippen LogP contribution is -2.27. The molecule has 0 saturated heterocycles. The first-order valence-electron chi connectivity index (χ1n) is 11.2. The van der Waals surface area contributed by atoms with E-state index in [1.165, 1.54) is 0 Å². The SMILES string of the molecule is CC(C)(C)OC(=O)Nc1ccccc1-c1cccc(-c2ccccc2NC(=O)OC(C)(C)C)c1. The van der Waals surface area contributed by atoms with Gasteiger partial charge in [-0.2, -0.15) is 0 Å². The standard InChI is InChI=1S/C28H32N2O4/c1-27(2,3)33-25(31)29-23-16-9-7-14-21(23)19-12-11-13-20(18-19)22-15-8-10-17-24(22)30-26(32)34-28(4,5)6/h7-18H,1-6H3,(H,29,31)(H,30,32). The second-order valence-corrected chi connectivity index (χ2v) is 9.93. The average Bonchev–Trinajstić information content (AvgIpc) is 2.72. The number of benzene rings is 3. The molecule has 0 aromatic heterocycles. The van der Waals surface area contributed by atoms with E-state index in [-0.39, 0.29) is 0 Å². The molecule has 178 valence electrons. The van der Waals surface area contributed by atoms with Crippen LogP contribution in [0.2, 0.25) is 0 Å². The van der Waals surface area contributed by atoms with E-state index in [4.69, 9.17) is 9.47 Å². The predicted octanol–water partition coefficient (Wildman–Crippen LogP) is 7.71. The molecular formula is C28H32N2O4. The summed E-state index contributed by atoms with van der Waals surface area (Å²) in [6.07, 6.45) is -1.02. The van der Waals surface area contributed by atoms with Gasteiger partial charge in [0.25, 0.3) is 0 Å². The lowest BCUT2D eigenvalue weighted by atomic mass is 9.97. The Hall–Kier alpha value is -3.80. The predicted molar refractivity (Wildman–Crippen MR) is 137 cm³/mol. The summed E-state index contributed by atoms with van der Waals surface area (Å²) >= 11 is 0. The van der Waals surface area contributed by atoms with Crippen molar-refractivity contribution in [3.8, 4) is 22.3 Å². The summed E-state index contributed by atoms with van der Waals surface area (Å²) in [7, 11) is 0. The number of carbonyl (C=O) groups excluding carboxylic acids is 2. The molecule has 3 aromatic rings. The minimum absolute atomic E-state index is 0.511. The monoisotopic (exact) mass is 460 g/mol. The fourth-order valence-corrected chi connectivity index (χ4v) is 3.37. The Morgan fingerprint density at radius 1 is 0.588 bits per heavy atom. The van der Waals surface area contributed by atoms with E-state index < -0.39 is 23.4 Å². The second kappa shape index (κ2) is 10.00. The van der Waals surface area contributed by atoms with E-state index in [2.05, 4.69) is 10.6 Å². The molecule has 2 amide bonds. The summed E-state index contributed by atoms with van der Waals surface area (Å²) in [6.45, 7) is 10.9. The number of anilines is 2. The highest BCUT2D eigenvalue weighted by molar-refractivity contribution is 5.94. The summed E-state index contributed by atoms with van der Waals surface area (Å²) < 4.78 is 10.8. The molecular weight excluding hydrogens is 428 g/mol. The zero-order chi connectivity index (χ0) is 24.9. The molecule has 34 heavy (non-hydrogen) atoms. The van der Waals surface area contributed by atoms with Crippen LogP contribution in [0.5, 0.6) is 0 Å². The normalized spacial score (nSPS) is 11.5. The Morgan fingerprint density at radius 2 is 0.971 bits per heavy atom. The third kappa shape index (κ3) is 7.10. The molecule has 6 nitrogen and oxygen atoms in total. The van der Waals surface area contributed by atoms with Gasteiger partial charge in [0.15, 0.2) is 0 Å². The van der Waals surface area contributed by atoms with Crippen LogP contribution < -0.4 is 10.6 Å². The molecule has 0 radical (unpaired) electrons. The average molecular weight is 461 g/mol. The first-order valence-corrected chi connectivity index (χ1v) is 11.2. The van der Waals surface area contributed by atoms with Crippen LogP contribution in [0.25, 0.3) is 22.3 Å². The maximum Gasteiger partial charge on any atom is 0.412 e. The van der Waals surface area contributed by atoms with Crippen molar-refractivity contribution in [1.82, 2.24) is 0 Å². The van der Waals surface area contributed by atoms with Gasteiger partial charge < -0.3 is 9.47 Å². The molecule has 0 bridgehead atoms. The van der Waals surface area contributed by atoms with Gasteiger partial charge in [-0.25, -0.2) is 9.59 Å². The molecule has 2 N–H and O–H groups in total. The molecule has 6 heteroatoms. The van der Waals surface area contributed by atoms with Gasteiger partial charge in [-0.1, -0.05) is 54.6 Å². The molecule has 0 spiro atoms. The van der Waals surface area contributed by atoms with Crippen LogP contribution in [-0.4, -0.2) is 23.4 Å². The fraction of sp³-hybridized carbons (Fsp3) is 0.286. The lowest BCUT2D eigenvalue weighted by Gasteiger charge is -2.21. The van der Waals surface area contributed by atoms with Crippen LogP contribution in [0, 0.1) is 0 Å². The molecule has 0 unspecified atom stereocenters.